The highest BCUT2D eigenvalue weighted by Gasteiger charge is 2.27. The van der Waals surface area contributed by atoms with Crippen LogP contribution in [0.5, 0.6) is 0 Å². The summed E-state index contributed by atoms with van der Waals surface area (Å²) in [6, 6.07) is 9.40. The molecule has 0 aromatic heterocycles. The summed E-state index contributed by atoms with van der Waals surface area (Å²) in [5, 5.41) is 8.88. The third-order valence-electron chi connectivity index (χ3n) is 3.68. The average molecular weight is 261 g/mol. The van der Waals surface area contributed by atoms with Crippen molar-refractivity contribution in [2.75, 3.05) is 13.1 Å². The lowest BCUT2D eigenvalue weighted by Gasteiger charge is -2.35. The number of nitrogens with zero attached hydrogens (tertiary/aromatic N) is 1. The summed E-state index contributed by atoms with van der Waals surface area (Å²) in [7, 11) is 0. The predicted octanol–water partition coefficient (Wildman–Crippen LogP) is 2.11. The van der Waals surface area contributed by atoms with Crippen LogP contribution in [0.2, 0.25) is 0 Å². The van der Waals surface area contributed by atoms with Crippen LogP contribution in [0.3, 0.4) is 0 Å². The van der Waals surface area contributed by atoms with Crippen LogP contribution >= 0.6 is 0 Å². The number of benzene rings is 1. The van der Waals surface area contributed by atoms with Gasteiger partial charge in [0.25, 0.3) is 0 Å². The van der Waals surface area contributed by atoms with Gasteiger partial charge in [0.2, 0.25) is 0 Å². The van der Waals surface area contributed by atoms with Gasteiger partial charge in [0.1, 0.15) is 6.29 Å². The Hall–Kier alpha value is -1.68. The quantitative estimate of drug-likeness (QED) is 0.825. The number of aldehydes is 1. The second-order valence-corrected chi connectivity index (χ2v) is 5.09. The second kappa shape index (κ2) is 6.48. The molecule has 4 heteroatoms. The van der Waals surface area contributed by atoms with Crippen LogP contribution in [0.4, 0.5) is 0 Å². The predicted molar refractivity (Wildman–Crippen MR) is 71.8 cm³/mol. The van der Waals surface area contributed by atoms with Gasteiger partial charge in [0.05, 0.1) is 6.04 Å². The van der Waals surface area contributed by atoms with Crippen molar-refractivity contribution in [1.29, 1.82) is 0 Å². The molecule has 1 aromatic carbocycles. The molecule has 1 aliphatic heterocycles. The molecule has 1 aliphatic rings. The topological polar surface area (TPSA) is 57.6 Å². The number of rotatable bonds is 5. The van der Waals surface area contributed by atoms with Gasteiger partial charge in [-0.1, -0.05) is 30.3 Å². The van der Waals surface area contributed by atoms with Crippen molar-refractivity contribution in [2.45, 2.75) is 25.3 Å². The van der Waals surface area contributed by atoms with E-state index in [1.165, 1.54) is 0 Å². The van der Waals surface area contributed by atoms with E-state index in [9.17, 15) is 9.59 Å². The minimum absolute atomic E-state index is 0.150. The van der Waals surface area contributed by atoms with E-state index < -0.39 is 5.97 Å². The molecule has 102 valence electrons. The van der Waals surface area contributed by atoms with Crippen LogP contribution in [-0.4, -0.2) is 35.4 Å². The Morgan fingerprint density at radius 2 is 2.16 bits per heavy atom. The number of likely N-dealkylation sites (tertiary alicyclic amines) is 1. The van der Waals surface area contributed by atoms with Crippen molar-refractivity contribution < 1.29 is 14.7 Å². The molecule has 1 heterocycles. The van der Waals surface area contributed by atoms with Gasteiger partial charge in [0.15, 0.2) is 0 Å². The van der Waals surface area contributed by atoms with Crippen molar-refractivity contribution in [1.82, 2.24) is 4.90 Å². The number of carboxylic acid groups (broad SMARTS) is 1. The minimum atomic E-state index is -0.755. The first-order valence-electron chi connectivity index (χ1n) is 6.67. The van der Waals surface area contributed by atoms with Gasteiger partial charge in [0, 0.05) is 13.0 Å². The van der Waals surface area contributed by atoms with Crippen molar-refractivity contribution in [3.8, 4) is 0 Å². The Balaban J connectivity index is 2.06. The normalized spacial score (nSPS) is 21.8. The number of carbonyl (C=O) groups excluding carboxylic acids is 1. The number of carbonyl (C=O) groups is 2. The fourth-order valence-corrected chi connectivity index (χ4v) is 2.79. The summed E-state index contributed by atoms with van der Waals surface area (Å²) >= 11 is 0. The first-order chi connectivity index (χ1) is 9.20. The molecule has 19 heavy (non-hydrogen) atoms. The Kier molecular flexibility index (Phi) is 4.68. The van der Waals surface area contributed by atoms with Crippen molar-refractivity contribution in [3.05, 3.63) is 35.9 Å². The number of hydrogen-bond donors (Lipinski definition) is 1. The SMILES string of the molecule is O=CC(c1ccccc1)N1CCCC(CC(=O)O)C1. The summed E-state index contributed by atoms with van der Waals surface area (Å²) in [4.78, 5) is 24.3. The summed E-state index contributed by atoms with van der Waals surface area (Å²) < 4.78 is 0. The Morgan fingerprint density at radius 1 is 1.42 bits per heavy atom. The lowest BCUT2D eigenvalue weighted by molar-refractivity contribution is -0.138. The lowest BCUT2D eigenvalue weighted by atomic mass is 9.92. The van der Waals surface area contributed by atoms with Crippen molar-refractivity contribution in [3.63, 3.8) is 0 Å². The molecule has 1 N–H and O–H groups in total. The molecule has 2 atom stereocenters. The molecule has 0 spiro atoms. The van der Waals surface area contributed by atoms with Crippen LogP contribution in [0.1, 0.15) is 30.9 Å². The standard InChI is InChI=1S/C15H19NO3/c17-11-14(13-6-2-1-3-7-13)16-8-4-5-12(10-16)9-15(18)19/h1-3,6-7,11-12,14H,4-5,8-10H2,(H,18,19). The molecule has 1 fully saturated rings. The van der Waals surface area contributed by atoms with Crippen LogP contribution < -0.4 is 0 Å². The number of aliphatic carboxylic acids is 1. The largest absolute Gasteiger partial charge is 0.481 e. The molecule has 0 aliphatic carbocycles. The van der Waals surface area contributed by atoms with Crippen LogP contribution in [0.25, 0.3) is 0 Å². The maximum atomic E-state index is 11.4. The monoisotopic (exact) mass is 261 g/mol. The molecule has 0 radical (unpaired) electrons. The third kappa shape index (κ3) is 3.64. The first-order valence-corrected chi connectivity index (χ1v) is 6.67. The molecule has 0 amide bonds. The highest BCUT2D eigenvalue weighted by atomic mass is 16.4. The molecule has 1 aromatic rings. The summed E-state index contributed by atoms with van der Waals surface area (Å²) in [6.07, 6.45) is 3.04. The highest BCUT2D eigenvalue weighted by Crippen LogP contribution is 2.27. The van der Waals surface area contributed by atoms with Gasteiger partial charge in [-0.25, -0.2) is 0 Å². The zero-order valence-corrected chi connectivity index (χ0v) is 10.9. The number of piperidine rings is 1. The van der Waals surface area contributed by atoms with E-state index in [0.717, 1.165) is 31.2 Å². The van der Waals surface area contributed by atoms with Crippen LogP contribution in [-0.2, 0) is 9.59 Å². The fraction of sp³-hybridized carbons (Fsp3) is 0.467. The highest BCUT2D eigenvalue weighted by molar-refractivity contribution is 5.67. The van der Waals surface area contributed by atoms with Gasteiger partial charge in [-0.15, -0.1) is 0 Å². The van der Waals surface area contributed by atoms with E-state index in [-0.39, 0.29) is 18.4 Å². The minimum Gasteiger partial charge on any atom is -0.481 e. The molecule has 2 unspecified atom stereocenters. The van der Waals surface area contributed by atoms with Crippen LogP contribution in [0.15, 0.2) is 30.3 Å². The summed E-state index contributed by atoms with van der Waals surface area (Å²) in [5.41, 5.74) is 0.980. The second-order valence-electron chi connectivity index (χ2n) is 5.09. The molecule has 1 saturated heterocycles. The third-order valence-corrected chi connectivity index (χ3v) is 3.68. The fourth-order valence-electron chi connectivity index (χ4n) is 2.79. The van der Waals surface area contributed by atoms with Crippen molar-refractivity contribution >= 4 is 12.3 Å². The Morgan fingerprint density at radius 3 is 2.79 bits per heavy atom. The number of carboxylic acids is 1. The van der Waals surface area contributed by atoms with E-state index in [1.54, 1.807) is 0 Å². The van der Waals surface area contributed by atoms with Gasteiger partial charge >= 0.3 is 5.97 Å². The molecular weight excluding hydrogens is 242 g/mol. The van der Waals surface area contributed by atoms with E-state index in [1.807, 2.05) is 30.3 Å². The Bertz CT molecular complexity index is 432. The smallest absolute Gasteiger partial charge is 0.303 e. The van der Waals surface area contributed by atoms with E-state index in [4.69, 9.17) is 5.11 Å². The number of hydrogen-bond acceptors (Lipinski definition) is 3. The van der Waals surface area contributed by atoms with Crippen LogP contribution in [0, 0.1) is 5.92 Å². The zero-order valence-electron chi connectivity index (χ0n) is 10.9. The van der Waals surface area contributed by atoms with Crippen molar-refractivity contribution in [2.24, 2.45) is 5.92 Å². The maximum Gasteiger partial charge on any atom is 0.303 e. The van der Waals surface area contributed by atoms with Gasteiger partial charge < -0.3 is 9.90 Å². The lowest BCUT2D eigenvalue weighted by Crippen LogP contribution is -2.39. The Labute approximate surface area is 113 Å². The molecule has 0 bridgehead atoms. The molecule has 4 nitrogen and oxygen atoms in total. The summed E-state index contributed by atoms with van der Waals surface area (Å²) in [5.74, 6) is -0.605. The van der Waals surface area contributed by atoms with E-state index >= 15 is 0 Å². The molecule has 2 rings (SSSR count). The van der Waals surface area contributed by atoms with E-state index in [0.29, 0.717) is 6.54 Å². The van der Waals surface area contributed by atoms with Gasteiger partial charge in [-0.3, -0.25) is 9.69 Å². The van der Waals surface area contributed by atoms with Gasteiger partial charge in [-0.05, 0) is 30.9 Å². The van der Waals surface area contributed by atoms with Gasteiger partial charge in [-0.2, -0.15) is 0 Å². The average Bonchev–Trinajstić information content (AvgIpc) is 2.40. The first kappa shape index (κ1) is 13.7. The zero-order chi connectivity index (χ0) is 13.7. The van der Waals surface area contributed by atoms with E-state index in [2.05, 4.69) is 4.90 Å². The molecule has 0 saturated carbocycles. The molecular formula is C15H19NO3. The maximum absolute atomic E-state index is 11.4. The summed E-state index contributed by atoms with van der Waals surface area (Å²) in [6.45, 7) is 1.54.